The lowest BCUT2D eigenvalue weighted by Gasteiger charge is -2.11. The van der Waals surface area contributed by atoms with Gasteiger partial charge in [0, 0.05) is 29.5 Å². The molecule has 0 fully saturated rings. The number of rotatable bonds is 5. The van der Waals surface area contributed by atoms with E-state index >= 15 is 0 Å². The number of ether oxygens (including phenoxy) is 1. The summed E-state index contributed by atoms with van der Waals surface area (Å²) in [5.74, 6) is 2.15. The lowest BCUT2D eigenvalue weighted by Crippen LogP contribution is -2.02. The van der Waals surface area contributed by atoms with Crippen LogP contribution in [0, 0.1) is 0 Å². The molecular weight excluding hydrogens is 424 g/mol. The normalized spacial score (nSPS) is 11.1. The van der Waals surface area contributed by atoms with Gasteiger partial charge in [-0.2, -0.15) is 0 Å². The van der Waals surface area contributed by atoms with E-state index in [1.165, 1.54) is 0 Å². The molecule has 32 heavy (non-hydrogen) atoms. The molecule has 0 aliphatic heterocycles. The summed E-state index contributed by atoms with van der Waals surface area (Å²) in [6, 6.07) is 17.4. The van der Waals surface area contributed by atoms with Crippen LogP contribution in [0.1, 0.15) is 5.56 Å². The molecule has 0 aliphatic rings. The Bertz CT molecular complexity index is 1410. The molecule has 5 aromatic rings. The van der Waals surface area contributed by atoms with Gasteiger partial charge < -0.3 is 10.5 Å². The van der Waals surface area contributed by atoms with Gasteiger partial charge in [-0.15, -0.1) is 11.6 Å². The molecule has 4 aromatic heterocycles. The van der Waals surface area contributed by atoms with E-state index < -0.39 is 0 Å². The molecule has 2 N–H and O–H groups in total. The summed E-state index contributed by atoms with van der Waals surface area (Å²) in [6.45, 7) is 0. The molecule has 1 aromatic carbocycles. The number of alkyl halides is 1. The Balaban J connectivity index is 1.79. The Morgan fingerprint density at radius 2 is 1.81 bits per heavy atom. The van der Waals surface area contributed by atoms with E-state index in [-0.39, 0.29) is 0 Å². The topological polar surface area (TPSA) is 91.7 Å². The third-order valence-electron chi connectivity index (χ3n) is 5.21. The first-order chi connectivity index (χ1) is 15.7. The van der Waals surface area contributed by atoms with E-state index in [1.54, 1.807) is 25.7 Å². The van der Waals surface area contributed by atoms with Crippen molar-refractivity contribution in [2.24, 2.45) is 0 Å². The maximum Gasteiger partial charge on any atom is 0.165 e. The average Bonchev–Trinajstić information content (AvgIpc) is 3.22. The van der Waals surface area contributed by atoms with Crippen molar-refractivity contribution in [3.8, 4) is 34.1 Å². The molecule has 0 saturated carbocycles. The van der Waals surface area contributed by atoms with Gasteiger partial charge in [0.1, 0.15) is 17.1 Å². The van der Waals surface area contributed by atoms with E-state index in [2.05, 4.69) is 9.97 Å². The molecule has 0 radical (unpaired) electrons. The first kappa shape index (κ1) is 20.0. The van der Waals surface area contributed by atoms with Gasteiger partial charge in [0.2, 0.25) is 0 Å². The Morgan fingerprint density at radius 3 is 2.56 bits per heavy atom. The van der Waals surface area contributed by atoms with Crippen molar-refractivity contribution < 1.29 is 4.74 Å². The third kappa shape index (κ3) is 3.42. The third-order valence-corrected chi connectivity index (χ3v) is 5.52. The Hall–Kier alpha value is -3.97. The minimum absolute atomic E-state index is 0.400. The Kier molecular flexibility index (Phi) is 5.17. The van der Waals surface area contributed by atoms with E-state index in [0.717, 1.165) is 33.6 Å². The van der Waals surface area contributed by atoms with Gasteiger partial charge in [0.15, 0.2) is 11.5 Å². The van der Waals surface area contributed by atoms with Crippen molar-refractivity contribution in [2.75, 3.05) is 12.8 Å². The number of nitrogens with two attached hydrogens (primary N) is 1. The molecule has 0 atom stereocenters. The fourth-order valence-corrected chi connectivity index (χ4v) is 3.81. The minimum atomic E-state index is 0.400. The van der Waals surface area contributed by atoms with Crippen LogP contribution in [-0.4, -0.2) is 31.6 Å². The zero-order valence-corrected chi connectivity index (χ0v) is 18.0. The van der Waals surface area contributed by atoms with Crippen LogP contribution in [0.25, 0.3) is 39.5 Å². The molecule has 158 valence electrons. The van der Waals surface area contributed by atoms with Crippen molar-refractivity contribution in [2.45, 2.75) is 5.88 Å². The maximum atomic E-state index is 6.20. The maximum absolute atomic E-state index is 6.20. The molecule has 8 heteroatoms. The number of aromatic nitrogens is 5. The van der Waals surface area contributed by atoms with Gasteiger partial charge in [-0.05, 0) is 48.0 Å². The zero-order valence-electron chi connectivity index (χ0n) is 17.2. The number of hydrogen-bond donors (Lipinski definition) is 1. The SMILES string of the molecule is COc1cnccc1-c1ccc2nc(-c3cccnc3N)n(-c3ccc(CCl)cc3)c2n1. The largest absolute Gasteiger partial charge is 0.494 e. The molecule has 0 saturated heterocycles. The van der Waals surface area contributed by atoms with E-state index in [9.17, 15) is 0 Å². The van der Waals surface area contributed by atoms with Crippen LogP contribution >= 0.6 is 11.6 Å². The molecule has 0 aliphatic carbocycles. The van der Waals surface area contributed by atoms with Gasteiger partial charge in [0.25, 0.3) is 0 Å². The number of hydrogen-bond acceptors (Lipinski definition) is 6. The van der Waals surface area contributed by atoms with Gasteiger partial charge in [-0.3, -0.25) is 9.55 Å². The highest BCUT2D eigenvalue weighted by Crippen LogP contribution is 2.33. The fourth-order valence-electron chi connectivity index (χ4n) is 3.63. The highest BCUT2D eigenvalue weighted by Gasteiger charge is 2.19. The number of benzene rings is 1. The van der Waals surface area contributed by atoms with E-state index in [0.29, 0.717) is 28.9 Å². The number of methoxy groups -OCH3 is 1. The second-order valence-electron chi connectivity index (χ2n) is 7.12. The summed E-state index contributed by atoms with van der Waals surface area (Å²) in [7, 11) is 1.62. The number of nitrogens with zero attached hydrogens (tertiary/aromatic N) is 5. The lowest BCUT2D eigenvalue weighted by molar-refractivity contribution is 0.414. The van der Waals surface area contributed by atoms with Gasteiger partial charge >= 0.3 is 0 Å². The zero-order chi connectivity index (χ0) is 22.1. The molecule has 0 bridgehead atoms. The molecule has 0 spiro atoms. The summed E-state index contributed by atoms with van der Waals surface area (Å²) in [5, 5.41) is 0. The lowest BCUT2D eigenvalue weighted by atomic mass is 10.1. The summed E-state index contributed by atoms with van der Waals surface area (Å²) < 4.78 is 7.46. The molecule has 4 heterocycles. The highest BCUT2D eigenvalue weighted by atomic mass is 35.5. The number of pyridine rings is 3. The van der Waals surface area contributed by atoms with Crippen LogP contribution < -0.4 is 10.5 Å². The molecule has 5 rings (SSSR count). The van der Waals surface area contributed by atoms with Gasteiger partial charge in [0.05, 0.1) is 24.6 Å². The Morgan fingerprint density at radius 1 is 0.969 bits per heavy atom. The number of fused-ring (bicyclic) bond motifs is 1. The first-order valence-electron chi connectivity index (χ1n) is 9.93. The molecule has 7 nitrogen and oxygen atoms in total. The summed E-state index contributed by atoms with van der Waals surface area (Å²) >= 11 is 5.99. The minimum Gasteiger partial charge on any atom is -0.494 e. The van der Waals surface area contributed by atoms with E-state index in [4.69, 9.17) is 32.0 Å². The van der Waals surface area contributed by atoms with Crippen LogP contribution in [0.5, 0.6) is 5.75 Å². The van der Waals surface area contributed by atoms with Crippen molar-refractivity contribution in [3.05, 3.63) is 78.8 Å². The Labute approximate surface area is 189 Å². The standard InChI is InChI=1S/C24H19ClN6O/c1-32-21-14-27-12-10-17(21)19-8-9-20-24(29-19)31(16-6-4-15(13-25)5-7-16)23(30-20)18-3-2-11-28-22(18)26/h2-12,14H,13H2,1H3,(H2,26,28). The molecule has 0 amide bonds. The van der Waals surface area contributed by atoms with Crippen molar-refractivity contribution in [1.82, 2.24) is 24.5 Å². The van der Waals surface area contributed by atoms with Crippen LogP contribution in [0.4, 0.5) is 5.82 Å². The highest BCUT2D eigenvalue weighted by molar-refractivity contribution is 6.17. The molecule has 0 unspecified atom stereocenters. The van der Waals surface area contributed by atoms with E-state index in [1.807, 2.05) is 59.2 Å². The summed E-state index contributed by atoms with van der Waals surface area (Å²) in [4.78, 5) is 18.2. The smallest absolute Gasteiger partial charge is 0.165 e. The quantitative estimate of drug-likeness (QED) is 0.390. The predicted octanol–water partition coefficient (Wildman–Crippen LogP) is 4.87. The van der Waals surface area contributed by atoms with Gasteiger partial charge in [-0.1, -0.05) is 12.1 Å². The predicted molar refractivity (Wildman–Crippen MR) is 126 cm³/mol. The number of nitrogen functional groups attached to an aromatic ring is 1. The van der Waals surface area contributed by atoms with Crippen LogP contribution in [0.2, 0.25) is 0 Å². The average molecular weight is 443 g/mol. The van der Waals surface area contributed by atoms with Gasteiger partial charge in [-0.25, -0.2) is 15.0 Å². The number of halogens is 1. The van der Waals surface area contributed by atoms with Crippen LogP contribution in [-0.2, 0) is 5.88 Å². The molecular formula is C24H19ClN6O. The first-order valence-corrected chi connectivity index (χ1v) is 10.5. The van der Waals surface area contributed by atoms with Crippen molar-refractivity contribution in [3.63, 3.8) is 0 Å². The summed E-state index contributed by atoms with van der Waals surface area (Å²) in [6.07, 6.45) is 5.05. The summed E-state index contributed by atoms with van der Waals surface area (Å²) in [5.41, 5.74) is 11.9. The number of anilines is 1. The monoisotopic (exact) mass is 442 g/mol. The second-order valence-corrected chi connectivity index (χ2v) is 7.39. The second kappa shape index (κ2) is 8.28. The number of imidazole rings is 1. The van der Waals surface area contributed by atoms with Crippen LogP contribution in [0.3, 0.4) is 0 Å². The fraction of sp³-hybridized carbons (Fsp3) is 0.0833. The van der Waals surface area contributed by atoms with Crippen LogP contribution in [0.15, 0.2) is 73.2 Å². The van der Waals surface area contributed by atoms with Crippen molar-refractivity contribution >= 4 is 28.6 Å². The van der Waals surface area contributed by atoms with Crippen molar-refractivity contribution in [1.29, 1.82) is 0 Å².